The second-order valence-electron chi connectivity index (χ2n) is 9.25. The normalized spacial score (nSPS) is 26.9. The molecule has 5 N–H and O–H groups in total. The Morgan fingerprint density at radius 1 is 1.21 bits per heavy atom. The van der Waals surface area contributed by atoms with Crippen LogP contribution in [0.25, 0.3) is 6.08 Å². The number of aromatic nitrogens is 4. The minimum atomic E-state index is -6.41. The zero-order chi connectivity index (χ0) is 29.1. The largest absolute Gasteiger partial charge is 0.443 e. The molecule has 4 rings (SSSR count). The van der Waals surface area contributed by atoms with Gasteiger partial charge in [0.2, 0.25) is 0 Å². The SMILES string of the molecule is CC1CC=Cc2c1c(Cn1c(=O)ccn([C@@H]3O[C@H](COP(=O)(O)C(F)(F)P(=O)(O)O)C(O)C3O)c1=O)nn2C. The third-order valence-corrected chi connectivity index (χ3v) is 10.0. The van der Waals surface area contributed by atoms with E-state index in [2.05, 4.69) is 9.62 Å². The molecule has 6 atom stereocenters. The number of hydrogen-bond donors (Lipinski definition) is 5. The number of aryl methyl sites for hydroxylation is 1. The topological polar surface area (TPSA) is 216 Å². The quantitative estimate of drug-likeness (QED) is 0.251. The summed E-state index contributed by atoms with van der Waals surface area (Å²) < 4.78 is 62.8. The summed E-state index contributed by atoms with van der Waals surface area (Å²) >= 11 is 0. The second kappa shape index (κ2) is 10.3. The lowest BCUT2D eigenvalue weighted by atomic mass is 9.91. The van der Waals surface area contributed by atoms with E-state index < -0.39 is 63.0 Å². The molecule has 0 bridgehead atoms. The van der Waals surface area contributed by atoms with Gasteiger partial charge in [0.05, 0.1) is 24.5 Å². The predicted molar refractivity (Wildman–Crippen MR) is 128 cm³/mol. The molecule has 0 aromatic carbocycles. The van der Waals surface area contributed by atoms with Gasteiger partial charge in [-0.3, -0.25) is 27.7 Å². The molecule has 39 heavy (non-hydrogen) atoms. The summed E-state index contributed by atoms with van der Waals surface area (Å²) in [5, 5.41) is 19.7. The first-order valence-corrected chi connectivity index (χ1v) is 14.6. The van der Waals surface area contributed by atoms with E-state index in [9.17, 15) is 42.6 Å². The Labute approximate surface area is 218 Å². The third-order valence-electron chi connectivity index (χ3n) is 6.58. The third kappa shape index (κ3) is 5.14. The van der Waals surface area contributed by atoms with Crippen LogP contribution in [0.5, 0.6) is 0 Å². The van der Waals surface area contributed by atoms with Crippen molar-refractivity contribution >= 4 is 21.3 Å². The highest BCUT2D eigenvalue weighted by Crippen LogP contribution is 2.73. The standard InChI is InChI=1S/C20H26F2N4O11P2/c1-10-4-3-5-12-15(10)11(23-24(12)2)8-26-14(27)6-7-25(19(26)30)18-17(29)16(28)13(37-18)9-36-39(34,35)20(21,22)38(31,32)33/h3,5-7,10,13,16-18,28-29H,4,8-9H2,1-2H3,(H,34,35)(H2,31,32,33)/t10?,13-,16?,17?,18-/m1/s1. The van der Waals surface area contributed by atoms with Crippen LogP contribution >= 0.6 is 15.2 Å². The van der Waals surface area contributed by atoms with Crippen molar-refractivity contribution in [1.82, 2.24) is 18.9 Å². The Morgan fingerprint density at radius 2 is 1.87 bits per heavy atom. The van der Waals surface area contributed by atoms with Crippen LogP contribution in [0.1, 0.15) is 42.4 Å². The molecule has 19 heteroatoms. The van der Waals surface area contributed by atoms with Gasteiger partial charge in [0.25, 0.3) is 5.56 Å². The number of allylic oxidation sites excluding steroid dienone is 1. The van der Waals surface area contributed by atoms with Gasteiger partial charge in [0.1, 0.15) is 18.3 Å². The molecule has 1 fully saturated rings. The summed E-state index contributed by atoms with van der Waals surface area (Å²) in [6.07, 6.45) is -1.74. The molecule has 1 aliphatic heterocycles. The number of aliphatic hydroxyl groups is 2. The molecule has 2 aliphatic rings. The molecule has 216 valence electrons. The monoisotopic (exact) mass is 598 g/mol. The lowest BCUT2D eigenvalue weighted by Crippen LogP contribution is -2.43. The van der Waals surface area contributed by atoms with Gasteiger partial charge >= 0.3 is 26.3 Å². The average Bonchev–Trinajstić information content (AvgIpc) is 3.31. The van der Waals surface area contributed by atoms with E-state index in [1.165, 1.54) is 0 Å². The first-order valence-electron chi connectivity index (χ1n) is 11.4. The highest BCUT2D eigenvalue weighted by Gasteiger charge is 2.65. The van der Waals surface area contributed by atoms with Gasteiger partial charge in [0.15, 0.2) is 6.23 Å². The van der Waals surface area contributed by atoms with Crippen molar-refractivity contribution in [3.05, 3.63) is 56.1 Å². The molecule has 2 aromatic rings. The van der Waals surface area contributed by atoms with Gasteiger partial charge < -0.3 is 34.2 Å². The summed E-state index contributed by atoms with van der Waals surface area (Å²) in [6.45, 7) is 0.424. The highest BCUT2D eigenvalue weighted by molar-refractivity contribution is 7.72. The van der Waals surface area contributed by atoms with Gasteiger partial charge in [-0.25, -0.2) is 4.79 Å². The number of fused-ring (bicyclic) bond motifs is 1. The van der Waals surface area contributed by atoms with Crippen LogP contribution in [0.15, 0.2) is 27.9 Å². The van der Waals surface area contributed by atoms with Crippen molar-refractivity contribution in [3.63, 3.8) is 0 Å². The van der Waals surface area contributed by atoms with Gasteiger partial charge in [-0.1, -0.05) is 13.0 Å². The minimum Gasteiger partial charge on any atom is -0.387 e. The summed E-state index contributed by atoms with van der Waals surface area (Å²) in [5.41, 5.74) is 0.458. The van der Waals surface area contributed by atoms with Crippen molar-refractivity contribution in [1.29, 1.82) is 0 Å². The van der Waals surface area contributed by atoms with Gasteiger partial charge in [0, 0.05) is 24.9 Å². The zero-order valence-corrected chi connectivity index (χ0v) is 22.2. The number of nitrogens with zero attached hydrogens (tertiary/aromatic N) is 4. The fraction of sp³-hybridized carbons (Fsp3) is 0.550. The predicted octanol–water partition coefficient (Wildman–Crippen LogP) is -0.139. The maximum absolute atomic E-state index is 13.7. The van der Waals surface area contributed by atoms with Crippen molar-refractivity contribution in [2.75, 3.05) is 6.61 Å². The van der Waals surface area contributed by atoms with Crippen LogP contribution in [0, 0.1) is 0 Å². The van der Waals surface area contributed by atoms with E-state index in [-0.39, 0.29) is 12.5 Å². The first kappa shape index (κ1) is 29.6. The maximum Gasteiger partial charge on any atom is 0.443 e. The number of aliphatic hydroxyl groups excluding tert-OH is 2. The molecule has 1 aliphatic carbocycles. The smallest absolute Gasteiger partial charge is 0.387 e. The summed E-state index contributed by atoms with van der Waals surface area (Å²) in [6, 6.07) is 0.995. The Morgan fingerprint density at radius 3 is 2.51 bits per heavy atom. The molecule has 15 nitrogen and oxygen atoms in total. The lowest BCUT2D eigenvalue weighted by molar-refractivity contribution is -0.0551. The van der Waals surface area contributed by atoms with Crippen LogP contribution in [0.4, 0.5) is 8.78 Å². The number of alkyl halides is 2. The van der Waals surface area contributed by atoms with Crippen LogP contribution in [0.3, 0.4) is 0 Å². The molecule has 4 unspecified atom stereocenters. The van der Waals surface area contributed by atoms with Crippen LogP contribution in [-0.2, 0) is 32.0 Å². The Bertz CT molecular complexity index is 1510. The highest BCUT2D eigenvalue weighted by atomic mass is 31.2. The summed E-state index contributed by atoms with van der Waals surface area (Å²) in [7, 11) is -11.0. The fourth-order valence-electron chi connectivity index (χ4n) is 4.50. The fourth-order valence-corrected chi connectivity index (χ4v) is 6.49. The van der Waals surface area contributed by atoms with Crippen molar-refractivity contribution in [2.45, 2.75) is 55.8 Å². The first-order chi connectivity index (χ1) is 18.0. The molecule has 1 saturated heterocycles. The van der Waals surface area contributed by atoms with Crippen molar-refractivity contribution in [2.24, 2.45) is 7.05 Å². The van der Waals surface area contributed by atoms with Gasteiger partial charge in [-0.05, 0) is 18.4 Å². The number of hydrogen-bond acceptors (Lipinski definition) is 9. The van der Waals surface area contributed by atoms with Gasteiger partial charge in [-0.2, -0.15) is 13.9 Å². The molecular formula is C20H26F2N4O11P2. The van der Waals surface area contributed by atoms with Gasteiger partial charge in [-0.15, -0.1) is 0 Å². The molecule has 0 radical (unpaired) electrons. The van der Waals surface area contributed by atoms with E-state index in [1.807, 2.05) is 19.1 Å². The van der Waals surface area contributed by atoms with E-state index in [1.54, 1.807) is 11.7 Å². The lowest BCUT2D eigenvalue weighted by Gasteiger charge is -2.24. The molecule has 0 saturated carbocycles. The van der Waals surface area contributed by atoms with Crippen LogP contribution in [0.2, 0.25) is 0 Å². The van der Waals surface area contributed by atoms with Crippen molar-refractivity contribution < 1.29 is 52.1 Å². The molecule has 3 heterocycles. The molecule has 0 spiro atoms. The Balaban J connectivity index is 1.59. The Hall–Kier alpha value is -2.33. The van der Waals surface area contributed by atoms with Crippen LogP contribution < -0.4 is 11.2 Å². The average molecular weight is 598 g/mol. The number of ether oxygens (including phenoxy) is 1. The minimum absolute atomic E-state index is 0.0617. The second-order valence-corrected chi connectivity index (χ2v) is 13.1. The van der Waals surface area contributed by atoms with E-state index >= 15 is 0 Å². The van der Waals surface area contributed by atoms with E-state index in [4.69, 9.17) is 14.5 Å². The van der Waals surface area contributed by atoms with E-state index in [0.29, 0.717) is 5.69 Å². The molecule has 0 amide bonds. The van der Waals surface area contributed by atoms with E-state index in [0.717, 1.165) is 39.1 Å². The maximum atomic E-state index is 13.7. The number of rotatable bonds is 8. The zero-order valence-electron chi connectivity index (χ0n) is 20.4. The molecule has 2 aromatic heterocycles. The van der Waals surface area contributed by atoms with Crippen molar-refractivity contribution in [3.8, 4) is 0 Å². The molecular weight excluding hydrogens is 572 g/mol. The number of halogens is 2. The Kier molecular flexibility index (Phi) is 7.79. The summed E-state index contributed by atoms with van der Waals surface area (Å²) in [5.74, 6) is 0.0617. The summed E-state index contributed by atoms with van der Waals surface area (Å²) in [4.78, 5) is 52.6. The van der Waals surface area contributed by atoms with Crippen LogP contribution in [-0.4, -0.2) is 74.1 Å².